The molecular weight excluding hydrogens is 343 g/mol. The molecule has 7 heteroatoms. The predicted molar refractivity (Wildman–Crippen MR) is 86.4 cm³/mol. The number of nitrogens with one attached hydrogen (secondary N) is 1. The second-order valence-corrected chi connectivity index (χ2v) is 5.64. The Balaban J connectivity index is 2.13. The van der Waals surface area contributed by atoms with Gasteiger partial charge in [-0.1, -0.05) is 23.7 Å². The molecule has 2 rings (SSSR count). The molecule has 0 heterocycles. The number of amides is 1. The number of halogens is 4. The molecule has 0 spiro atoms. The fourth-order valence-corrected chi connectivity index (χ4v) is 2.29. The van der Waals surface area contributed by atoms with E-state index in [0.29, 0.717) is 10.8 Å². The summed E-state index contributed by atoms with van der Waals surface area (Å²) >= 11 is 5.84. The van der Waals surface area contributed by atoms with E-state index in [1.807, 2.05) is 0 Å². The van der Waals surface area contributed by atoms with Gasteiger partial charge < -0.3 is 10.1 Å². The molecule has 0 fully saturated rings. The van der Waals surface area contributed by atoms with Gasteiger partial charge >= 0.3 is 6.18 Å². The number of carbonyl (C=O) groups is 1. The molecule has 1 atom stereocenters. The molecule has 1 amide bonds. The van der Waals surface area contributed by atoms with E-state index in [2.05, 4.69) is 5.32 Å². The molecule has 0 radical (unpaired) electrons. The first-order valence-electron chi connectivity index (χ1n) is 7.08. The fraction of sp³-hybridized carbons (Fsp3) is 0.235. The minimum atomic E-state index is -4.55. The van der Waals surface area contributed by atoms with Crippen molar-refractivity contribution in [3.63, 3.8) is 0 Å². The summed E-state index contributed by atoms with van der Waals surface area (Å²) in [5.74, 6) is -0.243. The van der Waals surface area contributed by atoms with Crippen LogP contribution in [0.4, 0.5) is 18.9 Å². The third kappa shape index (κ3) is 4.41. The van der Waals surface area contributed by atoms with Crippen LogP contribution in [0.3, 0.4) is 0 Å². The van der Waals surface area contributed by atoms with Gasteiger partial charge in [0.25, 0.3) is 5.91 Å². The number of carbonyl (C=O) groups excluding carboxylic acids is 1. The van der Waals surface area contributed by atoms with Gasteiger partial charge in [0.05, 0.1) is 11.3 Å². The second-order valence-electron chi connectivity index (χ2n) is 5.20. The largest absolute Gasteiger partial charge is 0.481 e. The molecule has 0 saturated heterocycles. The molecule has 0 bridgehead atoms. The van der Waals surface area contributed by atoms with Crippen LogP contribution in [0, 0.1) is 6.92 Å². The van der Waals surface area contributed by atoms with Gasteiger partial charge in [-0.05, 0) is 49.7 Å². The summed E-state index contributed by atoms with van der Waals surface area (Å²) in [5, 5.41) is 2.78. The highest BCUT2D eigenvalue weighted by Gasteiger charge is 2.34. The van der Waals surface area contributed by atoms with Crippen LogP contribution in [0.2, 0.25) is 5.02 Å². The second kappa shape index (κ2) is 7.13. The summed E-state index contributed by atoms with van der Waals surface area (Å²) in [6, 6.07) is 9.65. The van der Waals surface area contributed by atoms with E-state index in [0.717, 1.165) is 11.6 Å². The van der Waals surface area contributed by atoms with Crippen LogP contribution in [0.15, 0.2) is 42.5 Å². The van der Waals surface area contributed by atoms with Crippen molar-refractivity contribution < 1.29 is 22.7 Å². The minimum absolute atomic E-state index is 0.307. The number of hydrogen-bond donors (Lipinski definition) is 1. The van der Waals surface area contributed by atoms with E-state index < -0.39 is 23.8 Å². The van der Waals surface area contributed by atoms with Gasteiger partial charge in [-0.3, -0.25) is 4.79 Å². The highest BCUT2D eigenvalue weighted by Crippen LogP contribution is 2.34. The first kappa shape index (κ1) is 18.1. The van der Waals surface area contributed by atoms with Crippen molar-refractivity contribution in [3.05, 3.63) is 58.6 Å². The first-order chi connectivity index (χ1) is 11.2. The molecule has 3 nitrogen and oxygen atoms in total. The SMILES string of the molecule is Cc1cc(Cl)ccc1O[C@@H](C)C(=O)Nc1ccccc1C(F)(F)F. The molecule has 2 aromatic rings. The number of rotatable bonds is 4. The van der Waals surface area contributed by atoms with Crippen molar-refractivity contribution in [1.82, 2.24) is 0 Å². The van der Waals surface area contributed by atoms with Crippen molar-refractivity contribution >= 4 is 23.2 Å². The van der Waals surface area contributed by atoms with Crippen molar-refractivity contribution in [1.29, 1.82) is 0 Å². The summed E-state index contributed by atoms with van der Waals surface area (Å²) in [5.41, 5.74) is -0.496. The molecule has 0 aliphatic rings. The zero-order valence-corrected chi connectivity index (χ0v) is 13.7. The highest BCUT2D eigenvalue weighted by molar-refractivity contribution is 6.30. The number of anilines is 1. The number of para-hydroxylation sites is 1. The highest BCUT2D eigenvalue weighted by atomic mass is 35.5. The van der Waals surface area contributed by atoms with Crippen molar-refractivity contribution in [2.75, 3.05) is 5.32 Å². The lowest BCUT2D eigenvalue weighted by Crippen LogP contribution is -2.31. The molecule has 0 unspecified atom stereocenters. The molecule has 24 heavy (non-hydrogen) atoms. The van der Waals surface area contributed by atoms with Crippen molar-refractivity contribution in [2.24, 2.45) is 0 Å². The monoisotopic (exact) mass is 357 g/mol. The quantitative estimate of drug-likeness (QED) is 0.829. The van der Waals surface area contributed by atoms with Gasteiger partial charge in [0.15, 0.2) is 6.10 Å². The Hall–Kier alpha value is -2.21. The van der Waals surface area contributed by atoms with Gasteiger partial charge in [0, 0.05) is 5.02 Å². The van der Waals surface area contributed by atoms with Gasteiger partial charge in [0.2, 0.25) is 0 Å². The van der Waals surface area contributed by atoms with Crippen molar-refractivity contribution in [3.8, 4) is 5.75 Å². The van der Waals surface area contributed by atoms with Crippen molar-refractivity contribution in [2.45, 2.75) is 26.1 Å². The van der Waals surface area contributed by atoms with E-state index >= 15 is 0 Å². The summed E-state index contributed by atoms with van der Waals surface area (Å²) in [7, 11) is 0. The van der Waals surface area contributed by atoms with Crippen LogP contribution in [0.5, 0.6) is 5.75 Å². The smallest absolute Gasteiger partial charge is 0.418 e. The molecule has 0 saturated carbocycles. The third-order valence-corrected chi connectivity index (χ3v) is 3.54. The molecule has 2 aromatic carbocycles. The summed E-state index contributed by atoms with van der Waals surface area (Å²) in [6.07, 6.45) is -5.54. The summed E-state index contributed by atoms with van der Waals surface area (Å²) in [4.78, 5) is 12.1. The molecule has 128 valence electrons. The lowest BCUT2D eigenvalue weighted by atomic mass is 10.1. The van der Waals surface area contributed by atoms with Crippen LogP contribution >= 0.6 is 11.6 Å². The van der Waals surface area contributed by atoms with E-state index in [-0.39, 0.29) is 5.69 Å². The topological polar surface area (TPSA) is 38.3 Å². The fourth-order valence-electron chi connectivity index (χ4n) is 2.06. The number of hydrogen-bond acceptors (Lipinski definition) is 2. The third-order valence-electron chi connectivity index (χ3n) is 3.30. The molecular formula is C17H15ClF3NO2. The molecule has 0 aliphatic carbocycles. The minimum Gasteiger partial charge on any atom is -0.481 e. The van der Waals surface area contributed by atoms with E-state index in [1.165, 1.54) is 25.1 Å². The first-order valence-corrected chi connectivity index (χ1v) is 7.46. The van der Waals surface area contributed by atoms with Gasteiger partial charge in [-0.2, -0.15) is 13.2 Å². The summed E-state index contributed by atoms with van der Waals surface area (Å²) < 4.78 is 44.3. The Morgan fingerprint density at radius 1 is 1.21 bits per heavy atom. The van der Waals surface area contributed by atoms with Gasteiger partial charge in [-0.15, -0.1) is 0 Å². The van der Waals surface area contributed by atoms with Gasteiger partial charge in [-0.25, -0.2) is 0 Å². The maximum Gasteiger partial charge on any atom is 0.418 e. The zero-order valence-electron chi connectivity index (χ0n) is 12.9. The average Bonchev–Trinajstić information content (AvgIpc) is 2.49. The van der Waals surface area contributed by atoms with Crippen LogP contribution in [-0.2, 0) is 11.0 Å². The van der Waals surface area contributed by atoms with E-state index in [9.17, 15) is 18.0 Å². The molecule has 0 aromatic heterocycles. The standard InChI is InChI=1S/C17H15ClF3NO2/c1-10-9-12(18)7-8-15(10)24-11(2)16(23)22-14-6-4-3-5-13(14)17(19,20)21/h3-9,11H,1-2H3,(H,22,23)/t11-/m0/s1. The Morgan fingerprint density at radius 3 is 2.50 bits per heavy atom. The lowest BCUT2D eigenvalue weighted by molar-refractivity contribution is -0.137. The zero-order chi connectivity index (χ0) is 17.9. The molecule has 1 N–H and O–H groups in total. The lowest BCUT2D eigenvalue weighted by Gasteiger charge is -2.18. The number of ether oxygens (including phenoxy) is 1. The number of alkyl halides is 3. The van der Waals surface area contributed by atoms with Crippen LogP contribution in [0.1, 0.15) is 18.1 Å². The predicted octanol–water partition coefficient (Wildman–Crippen LogP) is 5.07. The summed E-state index contributed by atoms with van der Waals surface area (Å²) in [6.45, 7) is 3.21. The maximum absolute atomic E-state index is 12.9. The van der Waals surface area contributed by atoms with Gasteiger partial charge in [0.1, 0.15) is 5.75 Å². The molecule has 0 aliphatic heterocycles. The van der Waals surface area contributed by atoms with E-state index in [1.54, 1.807) is 25.1 Å². The number of aryl methyl sites for hydroxylation is 1. The number of benzene rings is 2. The Kier molecular flexibility index (Phi) is 5.39. The normalized spacial score (nSPS) is 12.6. The van der Waals surface area contributed by atoms with Crippen LogP contribution < -0.4 is 10.1 Å². The Labute approximate surface area is 142 Å². The average molecular weight is 358 g/mol. The van der Waals surface area contributed by atoms with Crippen LogP contribution in [-0.4, -0.2) is 12.0 Å². The maximum atomic E-state index is 12.9. The van der Waals surface area contributed by atoms with Crippen LogP contribution in [0.25, 0.3) is 0 Å². The Bertz CT molecular complexity index is 747. The van der Waals surface area contributed by atoms with E-state index in [4.69, 9.17) is 16.3 Å². The Morgan fingerprint density at radius 2 is 1.88 bits per heavy atom.